The van der Waals surface area contributed by atoms with Crippen LogP contribution in [-0.2, 0) is 14.8 Å². The molecule has 1 aliphatic rings. The normalized spacial score (nSPS) is 16.8. The van der Waals surface area contributed by atoms with Gasteiger partial charge in [-0.15, -0.1) is 0 Å². The highest BCUT2D eigenvalue weighted by Gasteiger charge is 2.30. The highest BCUT2D eigenvalue weighted by atomic mass is 32.2. The predicted octanol–water partition coefficient (Wildman–Crippen LogP) is 1.22. The number of nitro benzene ring substituents is 1. The van der Waals surface area contributed by atoms with Crippen molar-refractivity contribution in [2.75, 3.05) is 17.9 Å². The van der Waals surface area contributed by atoms with E-state index < -0.39 is 37.3 Å². The number of phenolic OH excluding ortho intramolecular Hbond substituents is 1. The molecule has 1 heterocycles. The first kappa shape index (κ1) is 14.5. The summed E-state index contributed by atoms with van der Waals surface area (Å²) in [6.45, 7) is 0.656. The number of hydrogen-bond acceptors (Lipinski definition) is 6. The van der Waals surface area contributed by atoms with E-state index in [0.717, 1.165) is 6.07 Å². The molecule has 0 unspecified atom stereocenters. The standard InChI is InChI=1S/C11H14N2O6S/c14-10-3-1-2-9(13(15)16)11(10)12-20(17,18)8-4-6-19-7-5-8/h1-3,8,12,14H,4-7H2. The van der Waals surface area contributed by atoms with E-state index in [1.807, 2.05) is 0 Å². The second kappa shape index (κ2) is 5.63. The lowest BCUT2D eigenvalue weighted by Gasteiger charge is -2.22. The average Bonchev–Trinajstić information content (AvgIpc) is 2.41. The number of anilines is 1. The van der Waals surface area contributed by atoms with Gasteiger partial charge in [-0.25, -0.2) is 8.42 Å². The molecule has 1 aromatic carbocycles. The summed E-state index contributed by atoms with van der Waals surface area (Å²) < 4.78 is 31.6. The minimum absolute atomic E-state index is 0.316. The summed E-state index contributed by atoms with van der Waals surface area (Å²) in [4.78, 5) is 10.1. The van der Waals surface area contributed by atoms with Crippen LogP contribution in [0.5, 0.6) is 5.75 Å². The summed E-state index contributed by atoms with van der Waals surface area (Å²) >= 11 is 0. The third-order valence-electron chi connectivity index (χ3n) is 3.07. The topological polar surface area (TPSA) is 119 Å². The molecule has 20 heavy (non-hydrogen) atoms. The van der Waals surface area contributed by atoms with Gasteiger partial charge < -0.3 is 9.84 Å². The Labute approximate surface area is 115 Å². The van der Waals surface area contributed by atoms with Crippen LogP contribution in [0, 0.1) is 10.1 Å². The summed E-state index contributed by atoms with van der Waals surface area (Å²) in [5.74, 6) is -0.477. The van der Waals surface area contributed by atoms with Crippen molar-refractivity contribution >= 4 is 21.4 Å². The molecule has 110 valence electrons. The van der Waals surface area contributed by atoms with Crippen LogP contribution >= 0.6 is 0 Å². The summed E-state index contributed by atoms with van der Waals surface area (Å²) in [5.41, 5.74) is -0.885. The van der Waals surface area contributed by atoms with Crippen LogP contribution in [0.15, 0.2) is 18.2 Å². The van der Waals surface area contributed by atoms with Gasteiger partial charge >= 0.3 is 0 Å². The Balaban J connectivity index is 2.31. The molecule has 0 spiro atoms. The van der Waals surface area contributed by atoms with Crippen molar-refractivity contribution in [3.05, 3.63) is 28.3 Å². The monoisotopic (exact) mass is 302 g/mol. The summed E-state index contributed by atoms with van der Waals surface area (Å²) in [6, 6.07) is 3.59. The lowest BCUT2D eigenvalue weighted by Crippen LogP contribution is -2.33. The van der Waals surface area contributed by atoms with Gasteiger partial charge in [0.2, 0.25) is 10.0 Å². The fraction of sp³-hybridized carbons (Fsp3) is 0.455. The molecule has 0 aromatic heterocycles. The second-order valence-electron chi connectivity index (χ2n) is 4.39. The van der Waals surface area contributed by atoms with Crippen LogP contribution < -0.4 is 4.72 Å². The van der Waals surface area contributed by atoms with E-state index in [2.05, 4.69) is 4.72 Å². The van der Waals surface area contributed by atoms with Gasteiger partial charge in [-0.05, 0) is 18.9 Å². The Morgan fingerprint density at radius 3 is 2.60 bits per heavy atom. The maximum Gasteiger partial charge on any atom is 0.297 e. The molecule has 0 aliphatic carbocycles. The lowest BCUT2D eigenvalue weighted by atomic mass is 10.2. The van der Waals surface area contributed by atoms with Crippen molar-refractivity contribution in [1.82, 2.24) is 0 Å². The molecular weight excluding hydrogens is 288 g/mol. The first-order valence-electron chi connectivity index (χ1n) is 5.97. The Kier molecular flexibility index (Phi) is 4.09. The van der Waals surface area contributed by atoms with Crippen molar-refractivity contribution in [1.29, 1.82) is 0 Å². The number of hydrogen-bond donors (Lipinski definition) is 2. The molecule has 1 saturated heterocycles. The highest BCUT2D eigenvalue weighted by molar-refractivity contribution is 7.93. The van der Waals surface area contributed by atoms with Gasteiger partial charge in [0.05, 0.1) is 10.2 Å². The zero-order chi connectivity index (χ0) is 14.8. The summed E-state index contributed by atoms with van der Waals surface area (Å²) in [7, 11) is -3.81. The van der Waals surface area contributed by atoms with Crippen LogP contribution in [0.1, 0.15) is 12.8 Å². The number of phenols is 1. The van der Waals surface area contributed by atoms with E-state index in [0.29, 0.717) is 26.1 Å². The van der Waals surface area contributed by atoms with E-state index in [4.69, 9.17) is 4.74 Å². The smallest absolute Gasteiger partial charge is 0.297 e. The minimum atomic E-state index is -3.81. The highest BCUT2D eigenvalue weighted by Crippen LogP contribution is 2.35. The molecule has 0 radical (unpaired) electrons. The molecule has 1 aromatic rings. The van der Waals surface area contributed by atoms with Crippen LogP contribution in [0.4, 0.5) is 11.4 Å². The number of benzene rings is 1. The summed E-state index contributed by atoms with van der Waals surface area (Å²) in [5, 5.41) is 19.8. The van der Waals surface area contributed by atoms with Gasteiger partial charge in [-0.2, -0.15) is 0 Å². The number of rotatable bonds is 4. The van der Waals surface area contributed by atoms with Gasteiger partial charge in [-0.3, -0.25) is 14.8 Å². The van der Waals surface area contributed by atoms with Crippen molar-refractivity contribution < 1.29 is 23.2 Å². The lowest BCUT2D eigenvalue weighted by molar-refractivity contribution is -0.383. The molecule has 2 rings (SSSR count). The molecular formula is C11H14N2O6S. The number of nitrogens with one attached hydrogen (secondary N) is 1. The van der Waals surface area contributed by atoms with Crippen LogP contribution in [0.3, 0.4) is 0 Å². The number of ether oxygens (including phenoxy) is 1. The first-order chi connectivity index (χ1) is 9.42. The summed E-state index contributed by atoms with van der Waals surface area (Å²) in [6.07, 6.45) is 0.632. The maximum atomic E-state index is 12.2. The zero-order valence-corrected chi connectivity index (χ0v) is 11.3. The Morgan fingerprint density at radius 2 is 2.00 bits per heavy atom. The molecule has 8 nitrogen and oxygen atoms in total. The Hall–Kier alpha value is -1.87. The first-order valence-corrected chi connectivity index (χ1v) is 7.52. The van der Waals surface area contributed by atoms with Crippen LogP contribution in [-0.4, -0.2) is 36.9 Å². The van der Waals surface area contributed by atoms with Gasteiger partial charge in [0.25, 0.3) is 5.69 Å². The van der Waals surface area contributed by atoms with Gasteiger partial charge in [0.1, 0.15) is 5.75 Å². The van der Waals surface area contributed by atoms with E-state index in [-0.39, 0.29) is 0 Å². The fourth-order valence-corrected chi connectivity index (χ4v) is 3.47. The molecule has 0 saturated carbocycles. The van der Waals surface area contributed by atoms with Gasteiger partial charge in [-0.1, -0.05) is 6.07 Å². The predicted molar refractivity (Wildman–Crippen MR) is 71.1 cm³/mol. The number of sulfonamides is 1. The third kappa shape index (κ3) is 2.99. The SMILES string of the molecule is O=[N+]([O-])c1cccc(O)c1NS(=O)(=O)C1CCOCC1. The molecule has 0 bridgehead atoms. The van der Waals surface area contributed by atoms with E-state index in [9.17, 15) is 23.6 Å². The quantitative estimate of drug-likeness (QED) is 0.490. The van der Waals surface area contributed by atoms with E-state index in [1.165, 1.54) is 12.1 Å². The van der Waals surface area contributed by atoms with Gasteiger partial charge in [0.15, 0.2) is 5.69 Å². The Bertz CT molecular complexity index is 609. The molecule has 0 atom stereocenters. The molecule has 1 fully saturated rings. The largest absolute Gasteiger partial charge is 0.505 e. The molecule has 2 N–H and O–H groups in total. The van der Waals surface area contributed by atoms with Crippen molar-refractivity contribution in [2.24, 2.45) is 0 Å². The van der Waals surface area contributed by atoms with Crippen molar-refractivity contribution in [2.45, 2.75) is 18.1 Å². The van der Waals surface area contributed by atoms with Crippen LogP contribution in [0.25, 0.3) is 0 Å². The van der Waals surface area contributed by atoms with Gasteiger partial charge in [0, 0.05) is 19.3 Å². The average molecular weight is 302 g/mol. The maximum absolute atomic E-state index is 12.2. The molecule has 9 heteroatoms. The fourth-order valence-electron chi connectivity index (χ4n) is 2.00. The number of aromatic hydroxyl groups is 1. The Morgan fingerprint density at radius 1 is 1.35 bits per heavy atom. The molecule has 0 amide bonds. The number of nitrogens with zero attached hydrogens (tertiary/aromatic N) is 1. The second-order valence-corrected chi connectivity index (χ2v) is 6.35. The third-order valence-corrected chi connectivity index (χ3v) is 4.91. The molecule has 1 aliphatic heterocycles. The van der Waals surface area contributed by atoms with Crippen molar-refractivity contribution in [3.63, 3.8) is 0 Å². The number of para-hydroxylation sites is 1. The van der Waals surface area contributed by atoms with Crippen LogP contribution in [0.2, 0.25) is 0 Å². The van der Waals surface area contributed by atoms with E-state index >= 15 is 0 Å². The zero-order valence-electron chi connectivity index (χ0n) is 10.5. The minimum Gasteiger partial charge on any atom is -0.505 e. The number of nitro groups is 1. The van der Waals surface area contributed by atoms with Crippen molar-refractivity contribution in [3.8, 4) is 5.75 Å². The van der Waals surface area contributed by atoms with E-state index in [1.54, 1.807) is 0 Å².